The van der Waals surface area contributed by atoms with Gasteiger partial charge in [0.2, 0.25) is 0 Å². The van der Waals surface area contributed by atoms with Crippen LogP contribution >= 0.6 is 11.6 Å². The third-order valence-electron chi connectivity index (χ3n) is 2.35. The van der Waals surface area contributed by atoms with Gasteiger partial charge >= 0.3 is 0 Å². The van der Waals surface area contributed by atoms with Crippen LogP contribution in [-0.2, 0) is 25.6 Å². The number of anilines is 1. The highest BCUT2D eigenvalue weighted by molar-refractivity contribution is 6.31. The van der Waals surface area contributed by atoms with Gasteiger partial charge in [0, 0.05) is 7.11 Å². The van der Waals surface area contributed by atoms with Gasteiger partial charge in [-0.3, -0.25) is 0 Å². The van der Waals surface area contributed by atoms with Crippen LogP contribution in [0.5, 0.6) is 0 Å². The summed E-state index contributed by atoms with van der Waals surface area (Å²) in [4.78, 5) is 4.10. The quantitative estimate of drug-likeness (QED) is 0.625. The molecule has 0 aromatic carbocycles. The van der Waals surface area contributed by atoms with Crippen LogP contribution in [0.3, 0.4) is 0 Å². The minimum Gasteiger partial charge on any atom is -0.384 e. The molecule has 1 rings (SSSR count). The lowest BCUT2D eigenvalue weighted by Gasteiger charge is -2.07. The van der Waals surface area contributed by atoms with Crippen LogP contribution in [0.25, 0.3) is 0 Å². The number of nitrogen functional groups attached to an aromatic ring is 1. The number of pyridine rings is 1. The molecule has 0 atom stereocenters. The molecule has 1 heterocycles. The van der Waals surface area contributed by atoms with Crippen LogP contribution in [0, 0.1) is 0 Å². The molecule has 6 nitrogen and oxygen atoms in total. The van der Waals surface area contributed by atoms with Crippen molar-refractivity contribution >= 4 is 17.4 Å². The number of aromatic nitrogens is 1. The topological polar surface area (TPSA) is 75.8 Å². The summed E-state index contributed by atoms with van der Waals surface area (Å²) in [5, 5.41) is 0.548. The van der Waals surface area contributed by atoms with Crippen LogP contribution in [0.1, 0.15) is 5.69 Å². The molecule has 114 valence electrons. The van der Waals surface area contributed by atoms with Gasteiger partial charge < -0.3 is 24.7 Å². The van der Waals surface area contributed by atoms with Gasteiger partial charge in [0.05, 0.1) is 57.0 Å². The molecule has 1 aromatic rings. The number of halogens is 1. The van der Waals surface area contributed by atoms with Gasteiger partial charge in [-0.15, -0.1) is 0 Å². The summed E-state index contributed by atoms with van der Waals surface area (Å²) in [6, 6.07) is 3.36. The van der Waals surface area contributed by atoms with E-state index in [0.29, 0.717) is 62.8 Å². The third kappa shape index (κ3) is 7.62. The molecule has 0 amide bonds. The Morgan fingerprint density at radius 3 is 2.25 bits per heavy atom. The third-order valence-corrected chi connectivity index (χ3v) is 2.70. The van der Waals surface area contributed by atoms with E-state index in [1.807, 2.05) is 0 Å². The standard InChI is InChI=1S/C13H21ClN2O4/c1-17-4-5-18-6-7-19-8-9-20-10-12-11(14)2-3-13(15)16-12/h2-3H,4-10H2,1H3,(H2,15,16). The molecular weight excluding hydrogens is 284 g/mol. The predicted molar refractivity (Wildman–Crippen MR) is 76.8 cm³/mol. The zero-order chi connectivity index (χ0) is 14.6. The maximum Gasteiger partial charge on any atom is 0.123 e. The van der Waals surface area contributed by atoms with Crippen molar-refractivity contribution in [1.29, 1.82) is 0 Å². The lowest BCUT2D eigenvalue weighted by atomic mass is 10.3. The number of rotatable bonds is 11. The van der Waals surface area contributed by atoms with Gasteiger partial charge in [-0.1, -0.05) is 11.6 Å². The van der Waals surface area contributed by atoms with Crippen molar-refractivity contribution in [2.75, 3.05) is 52.5 Å². The molecule has 0 unspecified atom stereocenters. The minimum atomic E-state index is 0.317. The van der Waals surface area contributed by atoms with E-state index in [-0.39, 0.29) is 0 Å². The first-order valence-corrected chi connectivity index (χ1v) is 6.75. The van der Waals surface area contributed by atoms with E-state index in [1.165, 1.54) is 0 Å². The molecule has 0 aliphatic rings. The summed E-state index contributed by atoms with van der Waals surface area (Å²) in [6.07, 6.45) is 0. The van der Waals surface area contributed by atoms with E-state index in [4.69, 9.17) is 36.3 Å². The maximum atomic E-state index is 5.96. The summed E-state index contributed by atoms with van der Waals surface area (Å²) in [5.41, 5.74) is 6.21. The molecule has 0 aliphatic carbocycles. The van der Waals surface area contributed by atoms with Crippen LogP contribution in [0.2, 0.25) is 5.02 Å². The highest BCUT2D eigenvalue weighted by Gasteiger charge is 2.02. The van der Waals surface area contributed by atoms with E-state index in [9.17, 15) is 0 Å². The van der Waals surface area contributed by atoms with Crippen molar-refractivity contribution in [2.45, 2.75) is 6.61 Å². The molecule has 0 saturated carbocycles. The average Bonchev–Trinajstić information content (AvgIpc) is 2.44. The summed E-state index contributed by atoms with van der Waals surface area (Å²) in [6.45, 7) is 3.53. The summed E-state index contributed by atoms with van der Waals surface area (Å²) in [7, 11) is 1.64. The van der Waals surface area contributed by atoms with Gasteiger partial charge in [0.25, 0.3) is 0 Å². The smallest absolute Gasteiger partial charge is 0.123 e. The molecule has 0 spiro atoms. The fraction of sp³-hybridized carbons (Fsp3) is 0.615. The zero-order valence-electron chi connectivity index (χ0n) is 11.6. The van der Waals surface area contributed by atoms with E-state index < -0.39 is 0 Å². The number of nitrogens with zero attached hydrogens (tertiary/aromatic N) is 1. The van der Waals surface area contributed by atoms with Crippen molar-refractivity contribution in [3.05, 3.63) is 22.8 Å². The van der Waals surface area contributed by atoms with Crippen LogP contribution in [0.4, 0.5) is 5.82 Å². The van der Waals surface area contributed by atoms with Crippen molar-refractivity contribution < 1.29 is 18.9 Å². The first-order chi connectivity index (χ1) is 9.74. The average molecular weight is 305 g/mol. The Labute approximate surface area is 124 Å². The van der Waals surface area contributed by atoms with E-state index >= 15 is 0 Å². The number of hydrogen-bond acceptors (Lipinski definition) is 6. The fourth-order valence-electron chi connectivity index (χ4n) is 1.35. The fourth-order valence-corrected chi connectivity index (χ4v) is 1.51. The summed E-state index contributed by atoms with van der Waals surface area (Å²) in [5.74, 6) is 0.428. The molecule has 1 aromatic heterocycles. The first-order valence-electron chi connectivity index (χ1n) is 6.37. The lowest BCUT2D eigenvalue weighted by molar-refractivity contribution is 0.000492. The van der Waals surface area contributed by atoms with E-state index in [2.05, 4.69) is 4.98 Å². The van der Waals surface area contributed by atoms with Gasteiger partial charge in [0.15, 0.2) is 0 Å². The Morgan fingerprint density at radius 1 is 1.00 bits per heavy atom. The number of ether oxygens (including phenoxy) is 4. The van der Waals surface area contributed by atoms with Crippen molar-refractivity contribution in [3.8, 4) is 0 Å². The second kappa shape index (κ2) is 10.8. The van der Waals surface area contributed by atoms with Crippen LogP contribution in [0.15, 0.2) is 12.1 Å². The number of hydrogen-bond donors (Lipinski definition) is 1. The molecule has 0 bridgehead atoms. The van der Waals surface area contributed by atoms with Gasteiger partial charge in [-0.25, -0.2) is 4.98 Å². The molecule has 0 saturated heterocycles. The number of methoxy groups -OCH3 is 1. The number of nitrogens with two attached hydrogens (primary N) is 1. The van der Waals surface area contributed by atoms with Gasteiger partial charge in [0.1, 0.15) is 5.82 Å². The Kier molecular flexibility index (Phi) is 9.27. The van der Waals surface area contributed by atoms with E-state index in [0.717, 1.165) is 0 Å². The molecule has 0 radical (unpaired) electrons. The molecule has 0 fully saturated rings. The Bertz CT molecular complexity index is 379. The Morgan fingerprint density at radius 2 is 1.60 bits per heavy atom. The Balaban J connectivity index is 1.98. The summed E-state index contributed by atoms with van der Waals surface area (Å²) < 4.78 is 20.8. The normalized spacial score (nSPS) is 10.9. The lowest BCUT2D eigenvalue weighted by Crippen LogP contribution is -2.11. The zero-order valence-corrected chi connectivity index (χ0v) is 12.4. The van der Waals surface area contributed by atoms with Crippen molar-refractivity contribution in [2.24, 2.45) is 0 Å². The van der Waals surface area contributed by atoms with Crippen LogP contribution < -0.4 is 5.73 Å². The monoisotopic (exact) mass is 304 g/mol. The largest absolute Gasteiger partial charge is 0.384 e. The molecule has 2 N–H and O–H groups in total. The SMILES string of the molecule is COCCOCCOCCOCc1nc(N)ccc1Cl. The molecule has 0 aliphatic heterocycles. The molecule has 20 heavy (non-hydrogen) atoms. The molecular formula is C13H21ClN2O4. The molecule has 7 heteroatoms. The van der Waals surface area contributed by atoms with Crippen molar-refractivity contribution in [3.63, 3.8) is 0 Å². The maximum absolute atomic E-state index is 5.96. The minimum absolute atomic E-state index is 0.317. The van der Waals surface area contributed by atoms with Crippen molar-refractivity contribution in [1.82, 2.24) is 4.98 Å². The van der Waals surface area contributed by atoms with E-state index in [1.54, 1.807) is 19.2 Å². The second-order valence-corrected chi connectivity index (χ2v) is 4.34. The highest BCUT2D eigenvalue weighted by Crippen LogP contribution is 2.15. The first kappa shape index (κ1) is 17.1. The van der Waals surface area contributed by atoms with Gasteiger partial charge in [-0.2, -0.15) is 0 Å². The van der Waals surface area contributed by atoms with Gasteiger partial charge in [-0.05, 0) is 12.1 Å². The van der Waals surface area contributed by atoms with Crippen LogP contribution in [-0.4, -0.2) is 51.7 Å². The Hall–Kier alpha value is -0.920. The second-order valence-electron chi connectivity index (χ2n) is 3.93. The predicted octanol–water partition coefficient (Wildman–Crippen LogP) is 1.51. The highest BCUT2D eigenvalue weighted by atomic mass is 35.5. The summed E-state index contributed by atoms with van der Waals surface area (Å²) >= 11 is 5.96.